The molecule has 1 aromatic rings. The number of rotatable bonds is 4. The number of hydrogen-bond acceptors (Lipinski definition) is 1. The standard InChI is InChI=1S/C16H26FN/c1-12-9-14(17)8-7-13(12)10-18-16(5,6)11-15(2,3)4/h7-9,18H,10-11H2,1-6H3. The van der Waals surface area contributed by atoms with Crippen LogP contribution in [0.15, 0.2) is 18.2 Å². The third kappa shape index (κ3) is 5.18. The molecule has 0 atom stereocenters. The fourth-order valence-corrected chi connectivity index (χ4v) is 2.58. The summed E-state index contributed by atoms with van der Waals surface area (Å²) >= 11 is 0. The lowest BCUT2D eigenvalue weighted by molar-refractivity contribution is 0.240. The zero-order chi connectivity index (χ0) is 14.0. The fourth-order valence-electron chi connectivity index (χ4n) is 2.58. The maximum Gasteiger partial charge on any atom is 0.123 e. The topological polar surface area (TPSA) is 12.0 Å². The van der Waals surface area contributed by atoms with Crippen molar-refractivity contribution in [2.24, 2.45) is 5.41 Å². The molecule has 2 heteroatoms. The maximum atomic E-state index is 13.0. The highest BCUT2D eigenvalue weighted by molar-refractivity contribution is 5.26. The molecule has 1 rings (SSSR count). The van der Waals surface area contributed by atoms with E-state index in [4.69, 9.17) is 0 Å². The third-order valence-electron chi connectivity index (χ3n) is 3.03. The summed E-state index contributed by atoms with van der Waals surface area (Å²) < 4.78 is 13.0. The molecular formula is C16H26FN. The molecule has 1 nitrogen and oxygen atoms in total. The lowest BCUT2D eigenvalue weighted by Crippen LogP contribution is -2.41. The van der Waals surface area contributed by atoms with E-state index in [1.54, 1.807) is 6.07 Å². The highest BCUT2D eigenvalue weighted by Crippen LogP contribution is 2.27. The lowest BCUT2D eigenvalue weighted by Gasteiger charge is -2.33. The Hall–Kier alpha value is -0.890. The zero-order valence-corrected chi connectivity index (χ0v) is 12.5. The highest BCUT2D eigenvalue weighted by Gasteiger charge is 2.24. The van der Waals surface area contributed by atoms with Crippen molar-refractivity contribution in [2.75, 3.05) is 0 Å². The van der Waals surface area contributed by atoms with Crippen molar-refractivity contribution >= 4 is 0 Å². The van der Waals surface area contributed by atoms with Crippen LogP contribution in [0.2, 0.25) is 0 Å². The monoisotopic (exact) mass is 251 g/mol. The van der Waals surface area contributed by atoms with Gasteiger partial charge in [-0.3, -0.25) is 0 Å². The number of hydrogen-bond donors (Lipinski definition) is 1. The summed E-state index contributed by atoms with van der Waals surface area (Å²) in [4.78, 5) is 0. The molecule has 1 aromatic carbocycles. The van der Waals surface area contributed by atoms with E-state index in [9.17, 15) is 4.39 Å². The Morgan fingerprint density at radius 2 is 1.72 bits per heavy atom. The second-order valence-corrected chi connectivity index (χ2v) is 7.05. The van der Waals surface area contributed by atoms with E-state index < -0.39 is 0 Å². The molecule has 0 fully saturated rings. The number of nitrogens with one attached hydrogen (secondary N) is 1. The quantitative estimate of drug-likeness (QED) is 0.834. The van der Waals surface area contributed by atoms with Crippen molar-refractivity contribution in [1.82, 2.24) is 5.32 Å². The van der Waals surface area contributed by atoms with Crippen LogP contribution in [0.1, 0.15) is 52.2 Å². The van der Waals surface area contributed by atoms with E-state index in [1.165, 1.54) is 11.6 Å². The molecule has 0 saturated heterocycles. The van der Waals surface area contributed by atoms with Gasteiger partial charge < -0.3 is 5.32 Å². The Kier molecular flexibility index (Phi) is 4.55. The summed E-state index contributed by atoms with van der Waals surface area (Å²) in [5.41, 5.74) is 2.56. The van der Waals surface area contributed by atoms with Crippen molar-refractivity contribution in [3.8, 4) is 0 Å². The molecule has 0 aliphatic rings. The molecule has 0 aliphatic heterocycles. The molecule has 102 valence electrons. The Labute approximate surface area is 111 Å². The predicted molar refractivity (Wildman–Crippen MR) is 76.1 cm³/mol. The van der Waals surface area contributed by atoms with Gasteiger partial charge in [-0.15, -0.1) is 0 Å². The number of halogens is 1. The molecule has 0 amide bonds. The Balaban J connectivity index is 2.64. The lowest BCUT2D eigenvalue weighted by atomic mass is 9.81. The second kappa shape index (κ2) is 5.40. The normalized spacial score (nSPS) is 12.8. The first kappa shape index (κ1) is 15.2. The van der Waals surface area contributed by atoms with Crippen LogP contribution in [0.5, 0.6) is 0 Å². The van der Waals surface area contributed by atoms with E-state index in [1.807, 2.05) is 13.0 Å². The predicted octanol–water partition coefficient (Wildman–Crippen LogP) is 4.44. The summed E-state index contributed by atoms with van der Waals surface area (Å²) in [6, 6.07) is 4.99. The summed E-state index contributed by atoms with van der Waals surface area (Å²) in [5.74, 6) is -0.162. The van der Waals surface area contributed by atoms with Crippen LogP contribution in [-0.2, 0) is 6.54 Å². The number of aryl methyl sites for hydroxylation is 1. The Morgan fingerprint density at radius 3 is 2.22 bits per heavy atom. The van der Waals surface area contributed by atoms with Crippen molar-refractivity contribution in [2.45, 2.75) is 60.0 Å². The van der Waals surface area contributed by atoms with Crippen LogP contribution in [0.3, 0.4) is 0 Å². The Bertz CT molecular complexity index is 402. The summed E-state index contributed by atoms with van der Waals surface area (Å²) in [6.45, 7) is 13.9. The minimum absolute atomic E-state index is 0.0824. The smallest absolute Gasteiger partial charge is 0.123 e. The molecule has 0 aliphatic carbocycles. The zero-order valence-electron chi connectivity index (χ0n) is 12.5. The molecule has 1 N–H and O–H groups in total. The van der Waals surface area contributed by atoms with Gasteiger partial charge >= 0.3 is 0 Å². The van der Waals surface area contributed by atoms with E-state index in [2.05, 4.69) is 39.9 Å². The summed E-state index contributed by atoms with van der Waals surface area (Å²) in [5, 5.41) is 3.57. The van der Waals surface area contributed by atoms with Crippen molar-refractivity contribution in [3.63, 3.8) is 0 Å². The molecule has 0 spiro atoms. The van der Waals surface area contributed by atoms with Crippen LogP contribution < -0.4 is 5.32 Å². The van der Waals surface area contributed by atoms with E-state index in [0.717, 1.165) is 18.5 Å². The van der Waals surface area contributed by atoms with Gasteiger partial charge in [0.15, 0.2) is 0 Å². The first-order valence-corrected chi connectivity index (χ1v) is 6.59. The largest absolute Gasteiger partial charge is 0.308 e. The minimum Gasteiger partial charge on any atom is -0.308 e. The third-order valence-corrected chi connectivity index (χ3v) is 3.03. The molecule has 18 heavy (non-hydrogen) atoms. The van der Waals surface area contributed by atoms with Gasteiger partial charge in [-0.2, -0.15) is 0 Å². The molecule has 0 aromatic heterocycles. The minimum atomic E-state index is -0.162. The summed E-state index contributed by atoms with van der Waals surface area (Å²) in [7, 11) is 0. The summed E-state index contributed by atoms with van der Waals surface area (Å²) in [6.07, 6.45) is 1.10. The first-order chi connectivity index (χ1) is 8.09. The molecule has 0 bridgehead atoms. The second-order valence-electron chi connectivity index (χ2n) is 7.05. The molecular weight excluding hydrogens is 225 g/mol. The first-order valence-electron chi connectivity index (χ1n) is 6.59. The van der Waals surface area contributed by atoms with Gasteiger partial charge in [0.2, 0.25) is 0 Å². The number of benzene rings is 1. The molecule has 0 heterocycles. The molecule has 0 radical (unpaired) electrons. The molecule has 0 unspecified atom stereocenters. The van der Waals surface area contributed by atoms with Crippen LogP contribution in [0.4, 0.5) is 4.39 Å². The van der Waals surface area contributed by atoms with Crippen LogP contribution in [0.25, 0.3) is 0 Å². The van der Waals surface area contributed by atoms with Crippen LogP contribution in [0, 0.1) is 18.2 Å². The SMILES string of the molecule is Cc1cc(F)ccc1CNC(C)(C)CC(C)(C)C. The van der Waals surface area contributed by atoms with Gasteiger partial charge in [-0.1, -0.05) is 26.8 Å². The van der Waals surface area contributed by atoms with Gasteiger partial charge in [-0.25, -0.2) is 4.39 Å². The van der Waals surface area contributed by atoms with Crippen LogP contribution in [-0.4, -0.2) is 5.54 Å². The van der Waals surface area contributed by atoms with Gasteiger partial charge in [0.05, 0.1) is 0 Å². The van der Waals surface area contributed by atoms with E-state index >= 15 is 0 Å². The average molecular weight is 251 g/mol. The molecule has 0 saturated carbocycles. The van der Waals surface area contributed by atoms with E-state index in [-0.39, 0.29) is 11.4 Å². The maximum absolute atomic E-state index is 13.0. The fraction of sp³-hybridized carbons (Fsp3) is 0.625. The van der Waals surface area contributed by atoms with Gasteiger partial charge in [-0.05, 0) is 55.9 Å². The van der Waals surface area contributed by atoms with Gasteiger partial charge in [0.25, 0.3) is 0 Å². The van der Waals surface area contributed by atoms with Crippen molar-refractivity contribution < 1.29 is 4.39 Å². The van der Waals surface area contributed by atoms with E-state index in [0.29, 0.717) is 5.41 Å². The van der Waals surface area contributed by atoms with Crippen LogP contribution >= 0.6 is 0 Å². The average Bonchev–Trinajstić information content (AvgIpc) is 2.12. The van der Waals surface area contributed by atoms with Crippen molar-refractivity contribution in [1.29, 1.82) is 0 Å². The Morgan fingerprint density at radius 1 is 1.11 bits per heavy atom. The van der Waals surface area contributed by atoms with Crippen molar-refractivity contribution in [3.05, 3.63) is 35.1 Å². The highest BCUT2D eigenvalue weighted by atomic mass is 19.1. The van der Waals surface area contributed by atoms with Gasteiger partial charge in [0, 0.05) is 12.1 Å². The van der Waals surface area contributed by atoms with Gasteiger partial charge in [0.1, 0.15) is 5.82 Å².